The third-order valence-electron chi connectivity index (χ3n) is 6.59. The number of para-hydroxylation sites is 3. The number of hydrogen-bond acceptors (Lipinski definition) is 4. The summed E-state index contributed by atoms with van der Waals surface area (Å²) in [6.45, 7) is 9.50. The van der Waals surface area contributed by atoms with Crippen molar-refractivity contribution in [3.63, 3.8) is 0 Å². The second-order valence-electron chi connectivity index (χ2n) is 8.93. The summed E-state index contributed by atoms with van der Waals surface area (Å²) in [5, 5.41) is 3.03. The molecule has 4 rings (SSSR count). The second-order valence-corrected chi connectivity index (χ2v) is 8.93. The Bertz CT molecular complexity index is 881. The molecule has 2 aromatic rings. The molecule has 2 amide bonds. The molecule has 172 valence electrons. The number of ether oxygens (including phenoxy) is 2. The molecular formula is C26H35N3O3. The Balaban J connectivity index is 1.35. The number of hydrogen-bond donors (Lipinski definition) is 1. The first-order valence-corrected chi connectivity index (χ1v) is 11.8. The lowest BCUT2D eigenvalue weighted by atomic mass is 9.79. The zero-order valence-electron chi connectivity index (χ0n) is 19.4. The molecule has 0 aliphatic carbocycles. The van der Waals surface area contributed by atoms with Crippen molar-refractivity contribution in [1.82, 2.24) is 9.80 Å². The predicted octanol–water partition coefficient (Wildman–Crippen LogP) is 4.87. The molecule has 32 heavy (non-hydrogen) atoms. The predicted molar refractivity (Wildman–Crippen MR) is 127 cm³/mol. The van der Waals surface area contributed by atoms with E-state index in [1.54, 1.807) is 0 Å². The van der Waals surface area contributed by atoms with Crippen molar-refractivity contribution in [2.24, 2.45) is 5.92 Å². The number of urea groups is 1. The van der Waals surface area contributed by atoms with Gasteiger partial charge in [0.2, 0.25) is 0 Å². The van der Waals surface area contributed by atoms with Crippen LogP contribution in [-0.4, -0.2) is 60.3 Å². The minimum atomic E-state index is -0.0537. The molecule has 0 saturated carbocycles. The fraction of sp³-hybridized carbons (Fsp3) is 0.500. The normalized spacial score (nSPS) is 21.8. The number of benzene rings is 2. The summed E-state index contributed by atoms with van der Waals surface area (Å²) in [7, 11) is 0. The summed E-state index contributed by atoms with van der Waals surface area (Å²) in [5.41, 5.74) is 0.725. The Morgan fingerprint density at radius 3 is 2.44 bits per heavy atom. The van der Waals surface area contributed by atoms with Gasteiger partial charge in [-0.15, -0.1) is 0 Å². The van der Waals surface area contributed by atoms with Gasteiger partial charge >= 0.3 is 6.03 Å². The van der Waals surface area contributed by atoms with Gasteiger partial charge in [0.1, 0.15) is 17.6 Å². The van der Waals surface area contributed by atoms with E-state index in [1.165, 1.54) is 0 Å². The highest BCUT2D eigenvalue weighted by Gasteiger charge is 2.47. The largest absolute Gasteiger partial charge is 0.492 e. The molecule has 2 heterocycles. The molecule has 2 aromatic carbocycles. The van der Waals surface area contributed by atoms with Crippen LogP contribution < -0.4 is 14.8 Å². The first kappa shape index (κ1) is 22.5. The highest BCUT2D eigenvalue weighted by molar-refractivity contribution is 5.91. The van der Waals surface area contributed by atoms with E-state index >= 15 is 0 Å². The lowest BCUT2D eigenvalue weighted by Gasteiger charge is -2.54. The maximum absolute atomic E-state index is 12.9. The molecule has 0 spiro atoms. The van der Waals surface area contributed by atoms with Crippen LogP contribution in [0.1, 0.15) is 33.6 Å². The highest BCUT2D eigenvalue weighted by atomic mass is 16.5. The lowest BCUT2D eigenvalue weighted by Crippen LogP contribution is -2.68. The number of likely N-dealkylation sites (tertiary alicyclic amines) is 2. The van der Waals surface area contributed by atoms with Crippen LogP contribution >= 0.6 is 0 Å². The number of rotatable bonds is 7. The number of carbonyl (C=O) groups is 1. The molecule has 2 aliphatic heterocycles. The minimum Gasteiger partial charge on any atom is -0.492 e. The van der Waals surface area contributed by atoms with E-state index in [2.05, 4.69) is 24.1 Å². The van der Waals surface area contributed by atoms with E-state index in [4.69, 9.17) is 9.47 Å². The van der Waals surface area contributed by atoms with Crippen LogP contribution in [0, 0.1) is 5.92 Å². The molecule has 2 atom stereocenters. The molecule has 0 radical (unpaired) electrons. The van der Waals surface area contributed by atoms with Gasteiger partial charge in [0.05, 0.1) is 18.3 Å². The van der Waals surface area contributed by atoms with Crippen molar-refractivity contribution in [2.45, 2.75) is 51.8 Å². The molecule has 0 aromatic heterocycles. The highest BCUT2D eigenvalue weighted by Crippen LogP contribution is 2.36. The van der Waals surface area contributed by atoms with Crippen LogP contribution in [0.15, 0.2) is 54.6 Å². The Morgan fingerprint density at radius 2 is 1.75 bits per heavy atom. The van der Waals surface area contributed by atoms with Crippen molar-refractivity contribution in [2.75, 3.05) is 31.6 Å². The Hall–Kier alpha value is -2.73. The van der Waals surface area contributed by atoms with E-state index in [0.29, 0.717) is 30.4 Å². The summed E-state index contributed by atoms with van der Waals surface area (Å²) in [6.07, 6.45) is 2.19. The van der Waals surface area contributed by atoms with Gasteiger partial charge in [0, 0.05) is 25.7 Å². The van der Waals surface area contributed by atoms with Gasteiger partial charge in [-0.05, 0) is 63.8 Å². The Labute approximate surface area is 191 Å². The second kappa shape index (κ2) is 10.3. The van der Waals surface area contributed by atoms with Crippen molar-refractivity contribution in [3.05, 3.63) is 54.6 Å². The topological polar surface area (TPSA) is 54.0 Å². The zero-order valence-corrected chi connectivity index (χ0v) is 19.4. The van der Waals surface area contributed by atoms with Crippen LogP contribution in [0.2, 0.25) is 0 Å². The number of anilines is 1. The molecule has 1 N–H and O–H groups in total. The third-order valence-corrected chi connectivity index (χ3v) is 6.59. The number of amides is 2. The maximum Gasteiger partial charge on any atom is 0.321 e. The molecule has 0 unspecified atom stereocenters. The first-order valence-electron chi connectivity index (χ1n) is 11.8. The minimum absolute atomic E-state index is 0.0537. The molecule has 6 heteroatoms. The van der Waals surface area contributed by atoms with Crippen molar-refractivity contribution >= 4 is 11.7 Å². The van der Waals surface area contributed by atoms with Gasteiger partial charge in [-0.1, -0.05) is 30.3 Å². The van der Waals surface area contributed by atoms with Crippen molar-refractivity contribution < 1.29 is 14.3 Å². The van der Waals surface area contributed by atoms with Crippen LogP contribution in [0.5, 0.6) is 11.5 Å². The summed E-state index contributed by atoms with van der Waals surface area (Å²) < 4.78 is 12.0. The van der Waals surface area contributed by atoms with Gasteiger partial charge in [0.15, 0.2) is 0 Å². The quantitative estimate of drug-likeness (QED) is 0.672. The molecular weight excluding hydrogens is 402 g/mol. The fourth-order valence-corrected chi connectivity index (χ4v) is 4.91. The van der Waals surface area contributed by atoms with Gasteiger partial charge in [-0.3, -0.25) is 4.90 Å². The van der Waals surface area contributed by atoms with E-state index in [0.717, 1.165) is 43.9 Å². The van der Waals surface area contributed by atoms with E-state index in [9.17, 15) is 4.79 Å². The molecule has 6 nitrogen and oxygen atoms in total. The molecule has 2 aliphatic rings. The van der Waals surface area contributed by atoms with Gasteiger partial charge in [-0.2, -0.15) is 0 Å². The average Bonchev–Trinajstić information content (AvgIpc) is 2.79. The standard InChI is InChI=1S/C26H35N3O3/c1-4-31-23-13-9-8-12-22(23)27-26(30)28-16-14-20(15-17-28)25-24(18-29(25)19(2)3)32-21-10-6-5-7-11-21/h5-13,19-20,24-25H,4,14-18H2,1-3H3,(H,27,30)/t24-,25-/m1/s1. The Morgan fingerprint density at radius 1 is 1.06 bits per heavy atom. The Kier molecular flexibility index (Phi) is 7.20. The number of nitrogens with zero attached hydrogens (tertiary/aromatic N) is 2. The monoisotopic (exact) mass is 437 g/mol. The zero-order chi connectivity index (χ0) is 22.5. The molecule has 0 bridgehead atoms. The van der Waals surface area contributed by atoms with Crippen LogP contribution in [0.25, 0.3) is 0 Å². The van der Waals surface area contributed by atoms with Crippen LogP contribution in [-0.2, 0) is 0 Å². The summed E-state index contributed by atoms with van der Waals surface area (Å²) in [6, 6.07) is 18.5. The average molecular weight is 438 g/mol. The van der Waals surface area contributed by atoms with Crippen molar-refractivity contribution in [3.8, 4) is 11.5 Å². The van der Waals surface area contributed by atoms with E-state index < -0.39 is 0 Å². The smallest absolute Gasteiger partial charge is 0.321 e. The van der Waals surface area contributed by atoms with Gasteiger partial charge in [-0.25, -0.2) is 4.79 Å². The van der Waals surface area contributed by atoms with Gasteiger partial charge in [0.25, 0.3) is 0 Å². The number of nitrogens with one attached hydrogen (secondary N) is 1. The maximum atomic E-state index is 12.9. The summed E-state index contributed by atoms with van der Waals surface area (Å²) >= 11 is 0. The lowest BCUT2D eigenvalue weighted by molar-refractivity contribution is -0.0979. The molecule has 2 fully saturated rings. The van der Waals surface area contributed by atoms with E-state index in [1.807, 2.05) is 66.4 Å². The molecule has 2 saturated heterocycles. The van der Waals surface area contributed by atoms with Crippen LogP contribution in [0.3, 0.4) is 0 Å². The SMILES string of the molecule is CCOc1ccccc1NC(=O)N1CCC([C@@H]2[C@H](Oc3ccccc3)CN2C(C)C)CC1. The fourth-order valence-electron chi connectivity index (χ4n) is 4.91. The van der Waals surface area contributed by atoms with Crippen LogP contribution in [0.4, 0.5) is 10.5 Å². The number of piperidine rings is 1. The third kappa shape index (κ3) is 5.01. The first-order chi connectivity index (χ1) is 15.6. The summed E-state index contributed by atoms with van der Waals surface area (Å²) in [4.78, 5) is 17.4. The number of carbonyl (C=O) groups excluding carboxylic acids is 1. The van der Waals surface area contributed by atoms with Gasteiger partial charge < -0.3 is 19.7 Å². The van der Waals surface area contributed by atoms with E-state index in [-0.39, 0.29) is 12.1 Å². The van der Waals surface area contributed by atoms with Crippen molar-refractivity contribution in [1.29, 1.82) is 0 Å². The summed E-state index contributed by atoms with van der Waals surface area (Å²) in [5.74, 6) is 2.18.